The number of anilines is 1. The van der Waals surface area contributed by atoms with Gasteiger partial charge in [0, 0.05) is 31.7 Å². The lowest BCUT2D eigenvalue weighted by atomic mass is 9.94. The van der Waals surface area contributed by atoms with E-state index in [1.54, 1.807) is 40.0 Å². The van der Waals surface area contributed by atoms with E-state index in [0.29, 0.717) is 42.3 Å². The van der Waals surface area contributed by atoms with Crippen LogP contribution in [-0.4, -0.2) is 57.6 Å². The summed E-state index contributed by atoms with van der Waals surface area (Å²) in [5.41, 5.74) is -0.0390. The van der Waals surface area contributed by atoms with Crippen LogP contribution in [0.25, 0.3) is 0 Å². The molecule has 0 bridgehead atoms. The van der Waals surface area contributed by atoms with Gasteiger partial charge >= 0.3 is 0 Å². The van der Waals surface area contributed by atoms with Crippen LogP contribution in [0.4, 0.5) is 5.69 Å². The van der Waals surface area contributed by atoms with Gasteiger partial charge in [0.25, 0.3) is 23.3 Å². The predicted octanol–water partition coefficient (Wildman–Crippen LogP) is 1.92. The highest BCUT2D eigenvalue weighted by atomic mass is 16.5. The van der Waals surface area contributed by atoms with Gasteiger partial charge in [-0.05, 0) is 46.8 Å². The monoisotopic (exact) mass is 439 g/mol. The number of para-hydroxylation sites is 2. The minimum Gasteiger partial charge on any atom is -0.466 e. The molecule has 9 nitrogen and oxygen atoms in total. The van der Waals surface area contributed by atoms with Gasteiger partial charge in [0.2, 0.25) is 0 Å². The highest BCUT2D eigenvalue weighted by Crippen LogP contribution is 2.35. The van der Waals surface area contributed by atoms with Crippen LogP contribution >= 0.6 is 0 Å². The quantitative estimate of drug-likeness (QED) is 0.708. The number of carbonyl (C=O) groups is 3. The van der Waals surface area contributed by atoms with Crippen LogP contribution < -0.4 is 15.4 Å². The van der Waals surface area contributed by atoms with Crippen LogP contribution in [0.3, 0.4) is 0 Å². The summed E-state index contributed by atoms with van der Waals surface area (Å²) in [6, 6.07) is 7.03. The average molecular weight is 440 g/mol. The molecule has 0 saturated carbocycles. The Hall–Kier alpha value is -3.36. The molecule has 9 heteroatoms. The van der Waals surface area contributed by atoms with E-state index in [1.165, 1.54) is 6.92 Å². The number of ether oxygens (including phenoxy) is 1. The van der Waals surface area contributed by atoms with Gasteiger partial charge in [0.15, 0.2) is 0 Å². The normalized spacial score (nSPS) is 20.7. The van der Waals surface area contributed by atoms with E-state index in [2.05, 4.69) is 15.7 Å². The number of rotatable bonds is 4. The van der Waals surface area contributed by atoms with Crippen molar-refractivity contribution in [1.29, 1.82) is 0 Å². The van der Waals surface area contributed by atoms with Gasteiger partial charge in [0.05, 0.1) is 22.5 Å². The lowest BCUT2D eigenvalue weighted by molar-refractivity contribution is -0.159. The lowest BCUT2D eigenvalue weighted by Gasteiger charge is -2.44. The molecule has 3 heterocycles. The SMILES string of the molecule is Cc1nn(C(C)(C)C)cc1C(=O)NCC1CN(C(=O)C2(C)Oc3ccccc3NC2=O)C1. The standard InChI is InChI=1S/C23H29N5O4/c1-14-16(13-28(26-14)22(2,3)4)19(29)24-10-15-11-27(12-15)21(31)23(5)20(30)25-17-8-6-7-9-18(17)32-23/h6-9,13,15H,10-12H2,1-5H3,(H,24,29)(H,25,30). The van der Waals surface area contributed by atoms with E-state index in [0.717, 1.165) is 0 Å². The molecule has 1 fully saturated rings. The Kier molecular flexibility index (Phi) is 5.22. The first kappa shape index (κ1) is 21.9. The van der Waals surface area contributed by atoms with Gasteiger partial charge < -0.3 is 20.3 Å². The van der Waals surface area contributed by atoms with Crippen molar-refractivity contribution in [1.82, 2.24) is 20.0 Å². The largest absolute Gasteiger partial charge is 0.466 e. The zero-order valence-electron chi connectivity index (χ0n) is 19.1. The van der Waals surface area contributed by atoms with Crippen molar-refractivity contribution >= 4 is 23.4 Å². The highest BCUT2D eigenvalue weighted by Gasteiger charge is 2.51. The number of fused-ring (bicyclic) bond motifs is 1. The summed E-state index contributed by atoms with van der Waals surface area (Å²) in [6.45, 7) is 10.7. The number of carbonyl (C=O) groups excluding carboxylic acids is 3. The molecule has 0 aliphatic carbocycles. The Bertz CT molecular complexity index is 1080. The number of nitrogens with one attached hydrogen (secondary N) is 2. The number of nitrogens with zero attached hydrogens (tertiary/aromatic N) is 3. The Morgan fingerprint density at radius 1 is 1.28 bits per heavy atom. The fourth-order valence-corrected chi connectivity index (χ4v) is 3.83. The Morgan fingerprint density at radius 2 is 1.97 bits per heavy atom. The summed E-state index contributed by atoms with van der Waals surface area (Å²) in [4.78, 5) is 39.8. The topological polar surface area (TPSA) is 106 Å². The van der Waals surface area contributed by atoms with Crippen molar-refractivity contribution in [3.05, 3.63) is 41.7 Å². The molecule has 3 amide bonds. The molecule has 4 rings (SSSR count). The zero-order valence-corrected chi connectivity index (χ0v) is 19.1. The molecule has 1 saturated heterocycles. The van der Waals surface area contributed by atoms with Crippen molar-refractivity contribution in [2.45, 2.75) is 45.8 Å². The van der Waals surface area contributed by atoms with Crippen molar-refractivity contribution in [3.63, 3.8) is 0 Å². The van der Waals surface area contributed by atoms with Gasteiger partial charge in [0.1, 0.15) is 5.75 Å². The summed E-state index contributed by atoms with van der Waals surface area (Å²) < 4.78 is 7.59. The maximum absolute atomic E-state index is 13.0. The summed E-state index contributed by atoms with van der Waals surface area (Å²) in [5, 5.41) is 10.1. The summed E-state index contributed by atoms with van der Waals surface area (Å²) in [5.74, 6) is -0.457. The molecule has 1 aromatic heterocycles. The molecule has 2 aromatic rings. The highest BCUT2D eigenvalue weighted by molar-refractivity contribution is 6.15. The molecule has 1 atom stereocenters. The van der Waals surface area contributed by atoms with Crippen molar-refractivity contribution in [2.75, 3.05) is 25.0 Å². The Morgan fingerprint density at radius 3 is 2.62 bits per heavy atom. The number of hydrogen-bond donors (Lipinski definition) is 2. The summed E-state index contributed by atoms with van der Waals surface area (Å²) in [7, 11) is 0. The van der Waals surface area contributed by atoms with Crippen LogP contribution in [-0.2, 0) is 15.1 Å². The van der Waals surface area contributed by atoms with Gasteiger partial charge in [-0.3, -0.25) is 19.1 Å². The van der Waals surface area contributed by atoms with Crippen LogP contribution in [0.15, 0.2) is 30.5 Å². The van der Waals surface area contributed by atoms with E-state index in [-0.39, 0.29) is 23.3 Å². The van der Waals surface area contributed by atoms with Gasteiger partial charge in [-0.25, -0.2) is 0 Å². The smallest absolute Gasteiger partial charge is 0.278 e. The van der Waals surface area contributed by atoms with Crippen molar-refractivity contribution < 1.29 is 19.1 Å². The molecule has 0 spiro atoms. The first-order valence-corrected chi connectivity index (χ1v) is 10.7. The van der Waals surface area contributed by atoms with Gasteiger partial charge in [-0.1, -0.05) is 12.1 Å². The van der Waals surface area contributed by atoms with Crippen LogP contribution in [0, 0.1) is 12.8 Å². The second kappa shape index (κ2) is 7.65. The van der Waals surface area contributed by atoms with Gasteiger partial charge in [-0.2, -0.15) is 5.10 Å². The molecular weight excluding hydrogens is 410 g/mol. The number of likely N-dealkylation sites (tertiary alicyclic amines) is 1. The van der Waals surface area contributed by atoms with Crippen LogP contribution in [0.5, 0.6) is 5.75 Å². The third kappa shape index (κ3) is 3.83. The third-order valence-corrected chi connectivity index (χ3v) is 5.92. The molecule has 2 N–H and O–H groups in total. The van der Waals surface area contributed by atoms with E-state index >= 15 is 0 Å². The Labute approximate surface area is 187 Å². The minimum atomic E-state index is -1.61. The van der Waals surface area contributed by atoms with Gasteiger partial charge in [-0.15, -0.1) is 0 Å². The Balaban J connectivity index is 1.32. The molecule has 1 aromatic carbocycles. The average Bonchev–Trinajstić information content (AvgIpc) is 3.09. The molecule has 2 aliphatic rings. The van der Waals surface area contributed by atoms with E-state index in [9.17, 15) is 14.4 Å². The minimum absolute atomic E-state index is 0.114. The third-order valence-electron chi connectivity index (χ3n) is 5.92. The molecule has 0 radical (unpaired) electrons. The van der Waals surface area contributed by atoms with E-state index < -0.39 is 11.5 Å². The fourth-order valence-electron chi connectivity index (χ4n) is 3.83. The van der Waals surface area contributed by atoms with Crippen molar-refractivity contribution in [2.24, 2.45) is 5.92 Å². The van der Waals surface area contributed by atoms with Crippen LogP contribution in [0.2, 0.25) is 0 Å². The molecule has 1 unspecified atom stereocenters. The second-order valence-corrected chi connectivity index (χ2v) is 9.62. The first-order chi connectivity index (χ1) is 15.0. The molecular formula is C23H29N5O4. The predicted molar refractivity (Wildman–Crippen MR) is 118 cm³/mol. The zero-order chi connectivity index (χ0) is 23.3. The van der Waals surface area contributed by atoms with Crippen molar-refractivity contribution in [3.8, 4) is 5.75 Å². The number of hydrogen-bond acceptors (Lipinski definition) is 5. The van der Waals surface area contributed by atoms with Crippen LogP contribution in [0.1, 0.15) is 43.7 Å². The fraction of sp³-hybridized carbons (Fsp3) is 0.478. The summed E-state index contributed by atoms with van der Waals surface area (Å²) in [6.07, 6.45) is 1.76. The first-order valence-electron chi connectivity index (χ1n) is 10.7. The second-order valence-electron chi connectivity index (χ2n) is 9.62. The maximum Gasteiger partial charge on any atom is 0.278 e. The van der Waals surface area contributed by atoms with E-state index in [4.69, 9.17) is 4.74 Å². The molecule has 32 heavy (non-hydrogen) atoms. The summed E-state index contributed by atoms with van der Waals surface area (Å²) >= 11 is 0. The number of amides is 3. The number of aromatic nitrogens is 2. The maximum atomic E-state index is 13.0. The number of aryl methyl sites for hydroxylation is 1. The van der Waals surface area contributed by atoms with E-state index in [1.807, 2.05) is 27.7 Å². The lowest BCUT2D eigenvalue weighted by Crippen LogP contribution is -2.65. The molecule has 170 valence electrons. The number of benzene rings is 1. The molecule has 2 aliphatic heterocycles.